The summed E-state index contributed by atoms with van der Waals surface area (Å²) in [5.41, 5.74) is -1.84. The first-order valence-electron chi connectivity index (χ1n) is 2.45. The summed E-state index contributed by atoms with van der Waals surface area (Å²) >= 11 is 0. The molecule has 11 heavy (non-hydrogen) atoms. The Morgan fingerprint density at radius 2 is 2.00 bits per heavy atom. The van der Waals surface area contributed by atoms with Crippen molar-refractivity contribution < 1.29 is 28.6 Å². The predicted molar refractivity (Wildman–Crippen MR) is 33.3 cm³/mol. The lowest BCUT2D eigenvalue weighted by Gasteiger charge is -1.97. The number of hydrogen-bond acceptors (Lipinski definition) is 3. The molecule has 0 aromatic heterocycles. The molecule has 0 radical (unpaired) electrons. The predicted octanol–water partition coefficient (Wildman–Crippen LogP) is -0.464. The quantitative estimate of drug-likeness (QED) is 0.407. The summed E-state index contributed by atoms with van der Waals surface area (Å²) in [6, 6.07) is 0. The van der Waals surface area contributed by atoms with Gasteiger partial charge < -0.3 is 14.9 Å². The van der Waals surface area contributed by atoms with Crippen molar-refractivity contribution >= 4 is 13.4 Å². The van der Waals surface area contributed by atoms with Gasteiger partial charge in [-0.05, 0) is 0 Å². The molecule has 0 unspecified atom stereocenters. The van der Waals surface area contributed by atoms with Crippen LogP contribution >= 0.6 is 7.60 Å². The van der Waals surface area contributed by atoms with Crippen molar-refractivity contribution in [1.29, 1.82) is 0 Å². The molecular weight excluding hydrogens is 178 g/mol. The van der Waals surface area contributed by atoms with Crippen LogP contribution in [-0.2, 0) is 9.36 Å². The molecule has 7 heteroatoms. The van der Waals surface area contributed by atoms with Crippen molar-refractivity contribution in [3.8, 4) is 0 Å². The Kier molecular flexibility index (Phi) is 3.54. The molecule has 5 nitrogen and oxygen atoms in total. The molecule has 0 aliphatic carbocycles. The highest BCUT2D eigenvalue weighted by atomic mass is 31.2. The molecule has 0 heterocycles. The van der Waals surface area contributed by atoms with Gasteiger partial charge in [-0.15, -0.1) is 0 Å². The fraction of sp³-hybridized carbons (Fsp3) is 0.250. The van der Waals surface area contributed by atoms with Crippen LogP contribution in [0, 0.1) is 0 Å². The van der Waals surface area contributed by atoms with E-state index in [1.807, 2.05) is 0 Å². The van der Waals surface area contributed by atoms with Gasteiger partial charge in [-0.25, -0.2) is 0 Å². The lowest BCUT2D eigenvalue weighted by atomic mass is 10.4. The van der Waals surface area contributed by atoms with Gasteiger partial charge in [0.25, 0.3) is 0 Å². The van der Waals surface area contributed by atoms with Gasteiger partial charge in [-0.1, -0.05) is 0 Å². The normalized spacial score (nSPS) is 13.3. The smallest absolute Gasteiger partial charge is 0.384 e. The number of aliphatic hydroxyl groups is 1. The Morgan fingerprint density at radius 3 is 2.27 bits per heavy atom. The van der Waals surface area contributed by atoms with E-state index in [-0.39, 0.29) is 6.08 Å². The topological polar surface area (TPSA) is 94.8 Å². The van der Waals surface area contributed by atoms with E-state index in [2.05, 4.69) is 0 Å². The molecular formula is C4H6FO5P. The molecule has 0 aromatic rings. The third-order valence-electron chi connectivity index (χ3n) is 0.714. The van der Waals surface area contributed by atoms with Gasteiger partial charge in [0.1, 0.15) is 6.61 Å². The van der Waals surface area contributed by atoms with Gasteiger partial charge in [0.05, 0.1) is 0 Å². The zero-order valence-electron chi connectivity index (χ0n) is 5.27. The summed E-state index contributed by atoms with van der Waals surface area (Å²) in [6.45, 7) is -0.979. The molecule has 0 bridgehead atoms. The van der Waals surface area contributed by atoms with Gasteiger partial charge >= 0.3 is 7.60 Å². The number of rotatable bonds is 3. The minimum atomic E-state index is -4.96. The monoisotopic (exact) mass is 184 g/mol. The van der Waals surface area contributed by atoms with Crippen LogP contribution in [0.5, 0.6) is 0 Å². The van der Waals surface area contributed by atoms with Gasteiger partial charge in [0.15, 0.2) is 5.78 Å². The average molecular weight is 184 g/mol. The summed E-state index contributed by atoms with van der Waals surface area (Å²) in [6.07, 6.45) is 0.0702. The third-order valence-corrected chi connectivity index (χ3v) is 1.40. The summed E-state index contributed by atoms with van der Waals surface area (Å²) in [5, 5.41) is 8.04. The van der Waals surface area contributed by atoms with Crippen molar-refractivity contribution in [3.63, 3.8) is 0 Å². The van der Waals surface area contributed by atoms with Crippen LogP contribution in [0.3, 0.4) is 0 Å². The molecule has 0 aliphatic rings. The maximum absolute atomic E-state index is 12.1. The fourth-order valence-corrected chi connectivity index (χ4v) is 0.575. The first kappa shape index (κ1) is 10.4. The van der Waals surface area contributed by atoms with E-state index < -0.39 is 25.6 Å². The highest BCUT2D eigenvalue weighted by Gasteiger charge is 2.21. The highest BCUT2D eigenvalue weighted by Crippen LogP contribution is 2.45. The lowest BCUT2D eigenvalue weighted by molar-refractivity contribution is -0.117. The number of halogens is 1. The van der Waals surface area contributed by atoms with E-state index in [0.717, 1.165) is 0 Å². The summed E-state index contributed by atoms with van der Waals surface area (Å²) in [7, 11) is -4.96. The molecule has 0 saturated carbocycles. The molecule has 0 atom stereocenters. The second kappa shape index (κ2) is 3.73. The zero-order valence-corrected chi connectivity index (χ0v) is 6.16. The number of carbonyl (C=O) groups is 1. The number of aliphatic hydroxyl groups excluding tert-OH is 1. The first-order valence-corrected chi connectivity index (χ1v) is 4.06. The van der Waals surface area contributed by atoms with Crippen LogP contribution in [0.4, 0.5) is 4.39 Å². The van der Waals surface area contributed by atoms with Gasteiger partial charge in [0, 0.05) is 6.08 Å². The van der Waals surface area contributed by atoms with Crippen molar-refractivity contribution in [2.24, 2.45) is 0 Å². The van der Waals surface area contributed by atoms with Crippen molar-refractivity contribution in [1.82, 2.24) is 0 Å². The Bertz CT molecular complexity index is 229. The molecule has 0 rings (SSSR count). The minimum Gasteiger partial charge on any atom is -0.388 e. The van der Waals surface area contributed by atoms with Gasteiger partial charge in [-0.2, -0.15) is 4.39 Å². The van der Waals surface area contributed by atoms with Crippen LogP contribution in [0.1, 0.15) is 0 Å². The van der Waals surface area contributed by atoms with Gasteiger partial charge in [0.2, 0.25) is 5.57 Å². The third kappa shape index (κ3) is 4.00. The second-order valence-electron chi connectivity index (χ2n) is 1.64. The van der Waals surface area contributed by atoms with Crippen molar-refractivity contribution in [2.75, 3.05) is 6.61 Å². The zero-order chi connectivity index (χ0) is 9.07. The lowest BCUT2D eigenvalue weighted by Crippen LogP contribution is -1.99. The first-order chi connectivity index (χ1) is 4.88. The average Bonchev–Trinajstić information content (AvgIpc) is 1.85. The van der Waals surface area contributed by atoms with E-state index in [4.69, 9.17) is 14.9 Å². The number of hydrogen-bond donors (Lipinski definition) is 3. The maximum atomic E-state index is 12.1. The van der Waals surface area contributed by atoms with Crippen molar-refractivity contribution in [2.45, 2.75) is 0 Å². The SMILES string of the molecule is O=C(/C=C(\F)P(=O)(O)O)CO. The Labute approximate surface area is 61.3 Å². The van der Waals surface area contributed by atoms with E-state index in [1.54, 1.807) is 0 Å². The van der Waals surface area contributed by atoms with Crippen molar-refractivity contribution in [3.05, 3.63) is 11.6 Å². The van der Waals surface area contributed by atoms with E-state index >= 15 is 0 Å². The number of ketones is 1. The Balaban J connectivity index is 4.48. The summed E-state index contributed by atoms with van der Waals surface area (Å²) in [5.74, 6) is -1.09. The van der Waals surface area contributed by atoms with Crippen LogP contribution in [-0.4, -0.2) is 27.3 Å². The molecule has 64 valence electrons. The summed E-state index contributed by atoms with van der Waals surface area (Å²) < 4.78 is 22.1. The fourth-order valence-electron chi connectivity index (χ4n) is 0.263. The molecule has 0 saturated heterocycles. The maximum Gasteiger partial charge on any atom is 0.384 e. The minimum absolute atomic E-state index is 0.0702. The van der Waals surface area contributed by atoms with Crippen LogP contribution in [0.15, 0.2) is 11.6 Å². The van der Waals surface area contributed by atoms with Gasteiger partial charge in [-0.3, -0.25) is 9.36 Å². The van der Waals surface area contributed by atoms with Crippen LogP contribution < -0.4 is 0 Å². The van der Waals surface area contributed by atoms with E-state index in [1.165, 1.54) is 0 Å². The molecule has 3 N–H and O–H groups in total. The standard InChI is InChI=1S/C4H6FO5P/c5-4(11(8,9)10)1-3(7)2-6/h1,6H,2H2,(H2,8,9,10)/b4-1+. The molecule has 0 aromatic carbocycles. The summed E-state index contributed by atoms with van der Waals surface area (Å²) in [4.78, 5) is 26.3. The van der Waals surface area contributed by atoms with E-state index in [0.29, 0.717) is 0 Å². The molecule has 0 amide bonds. The Morgan fingerprint density at radius 1 is 1.55 bits per heavy atom. The Hall–Kier alpha value is -0.550. The molecule has 0 spiro atoms. The highest BCUT2D eigenvalue weighted by molar-refractivity contribution is 7.56. The largest absolute Gasteiger partial charge is 0.388 e. The number of carbonyl (C=O) groups excluding carboxylic acids is 1. The second-order valence-corrected chi connectivity index (χ2v) is 3.15. The van der Waals surface area contributed by atoms with E-state index in [9.17, 15) is 13.8 Å². The molecule has 0 fully saturated rings. The molecule has 0 aliphatic heterocycles. The van der Waals surface area contributed by atoms with Crippen LogP contribution in [0.2, 0.25) is 0 Å². The van der Waals surface area contributed by atoms with Crippen LogP contribution in [0.25, 0.3) is 0 Å².